The van der Waals surface area contributed by atoms with Gasteiger partial charge in [-0.3, -0.25) is 24.4 Å². The molecular weight excluding hydrogens is 865 g/mol. The Hall–Kier alpha value is -7.79. The molecule has 4 aliphatic rings. The molecule has 0 saturated carbocycles. The van der Waals surface area contributed by atoms with Crippen LogP contribution in [0, 0.1) is 10.8 Å². The topological polar surface area (TPSA) is 136 Å². The lowest BCUT2D eigenvalue weighted by atomic mass is 9.82. The summed E-state index contributed by atoms with van der Waals surface area (Å²) in [5, 5.41) is 0. The highest BCUT2D eigenvalue weighted by molar-refractivity contribution is 6.21. The number of hydrogen-bond donors (Lipinski definition) is 0. The molecule has 4 aliphatic heterocycles. The summed E-state index contributed by atoms with van der Waals surface area (Å²) in [5.74, 6) is -1.23. The zero-order valence-corrected chi connectivity index (χ0v) is 39.3. The number of nitrogens with zero attached hydrogens (tertiary/aromatic N) is 4. The third kappa shape index (κ3) is 8.81. The van der Waals surface area contributed by atoms with Crippen LogP contribution in [-0.2, 0) is 33.4 Å². The molecule has 0 radical (unpaired) electrons. The van der Waals surface area contributed by atoms with E-state index in [1.165, 1.54) is 0 Å². The number of β-lactam (4-membered cyclic amide) rings is 2. The standard InChI is InChI=1S/C29H26N2O4.C29H28N2O3/c1-29(2)17-23-24(21(18-32)22-15-9-10-16-30-22)27(33)31(23)26(29)28(34)35-25(19-11-5-3-6-12-19)20-13-7-4-8-14-20;1-19(22-16-10-11-17-30-22)24-23-18-29(2,3)26(31(23)27(24)32)28(33)34-25(20-12-6-4-7-13-20)21-14-8-5-9-15-21/h3-16,18,23,25-26H,17H2,1-2H3;4-17,23,25-26H,18H2,1-3H3/b24-21+;24-19+/t2*23?,26-/m00/s1. The number of hydrogen-bond acceptors (Lipinski definition) is 9. The van der Waals surface area contributed by atoms with Gasteiger partial charge in [0, 0.05) is 18.0 Å². The maximum absolute atomic E-state index is 13.7. The van der Waals surface area contributed by atoms with Crippen LogP contribution >= 0.6 is 0 Å². The Morgan fingerprint density at radius 1 is 0.536 bits per heavy atom. The molecule has 348 valence electrons. The number of carbonyl (C=O) groups is 5. The summed E-state index contributed by atoms with van der Waals surface area (Å²) < 4.78 is 12.3. The number of pyridine rings is 2. The Bertz CT molecular complexity index is 2850. The molecule has 4 fully saturated rings. The van der Waals surface area contributed by atoms with Gasteiger partial charge in [-0.1, -0.05) is 161 Å². The molecule has 4 aromatic carbocycles. The molecule has 69 heavy (non-hydrogen) atoms. The minimum atomic E-state index is -0.754. The molecule has 0 aliphatic carbocycles. The van der Waals surface area contributed by atoms with Crippen molar-refractivity contribution < 1.29 is 33.4 Å². The van der Waals surface area contributed by atoms with Crippen molar-refractivity contribution in [3.8, 4) is 0 Å². The van der Waals surface area contributed by atoms with Crippen molar-refractivity contribution in [2.45, 2.75) is 83.8 Å². The van der Waals surface area contributed by atoms with Crippen molar-refractivity contribution in [1.82, 2.24) is 19.8 Å². The molecular formula is C58H54N4O7. The fourth-order valence-corrected chi connectivity index (χ4v) is 10.6. The lowest BCUT2D eigenvalue weighted by Gasteiger charge is -2.42. The summed E-state index contributed by atoms with van der Waals surface area (Å²) in [6.45, 7) is 9.94. The van der Waals surface area contributed by atoms with Crippen LogP contribution in [0.5, 0.6) is 0 Å². The number of allylic oxidation sites excluding steroid dienone is 2. The van der Waals surface area contributed by atoms with Crippen molar-refractivity contribution in [1.29, 1.82) is 0 Å². The van der Waals surface area contributed by atoms with Gasteiger partial charge in [-0.25, -0.2) is 9.59 Å². The fourth-order valence-electron chi connectivity index (χ4n) is 10.6. The molecule has 6 heterocycles. The van der Waals surface area contributed by atoms with E-state index in [9.17, 15) is 24.0 Å². The van der Waals surface area contributed by atoms with Crippen molar-refractivity contribution in [3.63, 3.8) is 0 Å². The van der Waals surface area contributed by atoms with Gasteiger partial charge in [-0.05, 0) is 82.7 Å². The maximum Gasteiger partial charge on any atom is 0.330 e. The minimum absolute atomic E-state index is 0.100. The quantitative estimate of drug-likeness (QED) is 0.0539. The van der Waals surface area contributed by atoms with Crippen LogP contribution in [0.2, 0.25) is 0 Å². The van der Waals surface area contributed by atoms with Crippen LogP contribution in [-0.4, -0.2) is 74.0 Å². The number of esters is 2. The van der Waals surface area contributed by atoms with Gasteiger partial charge in [0.05, 0.1) is 34.6 Å². The molecule has 11 heteroatoms. The predicted molar refractivity (Wildman–Crippen MR) is 261 cm³/mol. The molecule has 2 aromatic heterocycles. The molecule has 4 saturated heterocycles. The highest BCUT2D eigenvalue weighted by atomic mass is 16.6. The highest BCUT2D eigenvalue weighted by Crippen LogP contribution is 2.53. The Morgan fingerprint density at radius 3 is 1.25 bits per heavy atom. The Morgan fingerprint density at radius 2 is 0.884 bits per heavy atom. The summed E-state index contributed by atoms with van der Waals surface area (Å²) in [4.78, 5) is 77.9. The van der Waals surface area contributed by atoms with Crippen LogP contribution in [0.1, 0.15) is 93.3 Å². The number of benzene rings is 4. The van der Waals surface area contributed by atoms with Gasteiger partial charge in [-0.15, -0.1) is 0 Å². The number of fused-ring (bicyclic) bond motifs is 2. The zero-order chi connectivity index (χ0) is 48.5. The van der Waals surface area contributed by atoms with Gasteiger partial charge in [0.15, 0.2) is 18.5 Å². The number of rotatable bonds is 11. The molecule has 0 bridgehead atoms. The fraction of sp³-hybridized carbons (Fsp3) is 0.259. The number of aromatic nitrogens is 2. The molecule has 0 N–H and O–H groups in total. The van der Waals surface area contributed by atoms with E-state index < -0.39 is 41.1 Å². The van der Waals surface area contributed by atoms with E-state index in [2.05, 4.69) is 9.97 Å². The van der Waals surface area contributed by atoms with E-state index in [4.69, 9.17) is 9.47 Å². The molecule has 11 nitrogen and oxygen atoms in total. The second-order valence-electron chi connectivity index (χ2n) is 19.3. The number of carbonyl (C=O) groups excluding carboxylic acids is 5. The summed E-state index contributed by atoms with van der Waals surface area (Å²) in [6.07, 6.45) is 4.14. The van der Waals surface area contributed by atoms with E-state index in [1.807, 2.05) is 174 Å². The van der Waals surface area contributed by atoms with Crippen molar-refractivity contribution in [3.05, 3.63) is 215 Å². The molecule has 2 amide bonds. The molecule has 4 atom stereocenters. The molecule has 2 unspecified atom stereocenters. The summed E-state index contributed by atoms with van der Waals surface area (Å²) in [5.41, 5.74) is 6.15. The molecule has 0 spiro atoms. The smallest absolute Gasteiger partial charge is 0.330 e. The van der Waals surface area contributed by atoms with Gasteiger partial charge in [0.25, 0.3) is 11.8 Å². The Balaban J connectivity index is 0.000000172. The van der Waals surface area contributed by atoms with Crippen LogP contribution in [0.3, 0.4) is 0 Å². The van der Waals surface area contributed by atoms with Gasteiger partial charge in [0.1, 0.15) is 12.1 Å². The average molecular weight is 919 g/mol. The van der Waals surface area contributed by atoms with Gasteiger partial charge in [0.2, 0.25) is 0 Å². The zero-order valence-electron chi connectivity index (χ0n) is 39.3. The van der Waals surface area contributed by atoms with Gasteiger partial charge in [-0.2, -0.15) is 0 Å². The largest absolute Gasteiger partial charge is 0.451 e. The second kappa shape index (κ2) is 19.1. The SMILES string of the molecule is C/C(=C1\C(=O)N2C1CC(C)(C)[C@@H]2C(=O)OC(c1ccccc1)c1ccccc1)c1ccccn1.CC1(C)CC2/C(=C(/C=O)c3ccccn3)C(=O)N2[C@H]1C(=O)OC(c1ccccc1)c1ccccc1. The van der Waals surface area contributed by atoms with Gasteiger partial charge < -0.3 is 19.3 Å². The third-order valence-electron chi connectivity index (χ3n) is 13.9. The molecule has 6 aromatic rings. The maximum atomic E-state index is 13.7. The summed E-state index contributed by atoms with van der Waals surface area (Å²) in [6, 6.07) is 47.7. The van der Waals surface area contributed by atoms with Crippen molar-refractivity contribution in [2.75, 3.05) is 0 Å². The number of ether oxygens (including phenoxy) is 2. The van der Waals surface area contributed by atoms with Crippen molar-refractivity contribution in [2.24, 2.45) is 10.8 Å². The van der Waals surface area contributed by atoms with E-state index in [1.54, 1.807) is 40.4 Å². The molecule has 10 rings (SSSR count). The summed E-state index contributed by atoms with van der Waals surface area (Å²) >= 11 is 0. The summed E-state index contributed by atoms with van der Waals surface area (Å²) in [7, 11) is 0. The first-order chi connectivity index (χ1) is 33.3. The lowest BCUT2D eigenvalue weighted by molar-refractivity contribution is -0.162. The highest BCUT2D eigenvalue weighted by Gasteiger charge is 2.63. The first-order valence-electron chi connectivity index (χ1n) is 23.3. The van der Waals surface area contributed by atoms with Gasteiger partial charge >= 0.3 is 11.9 Å². The second-order valence-corrected chi connectivity index (χ2v) is 19.3. The monoisotopic (exact) mass is 918 g/mol. The Kier molecular flexibility index (Phi) is 12.8. The average Bonchev–Trinajstić information content (AvgIpc) is 3.78. The predicted octanol–water partition coefficient (Wildman–Crippen LogP) is 9.57. The van der Waals surface area contributed by atoms with E-state index in [0.717, 1.165) is 39.1 Å². The van der Waals surface area contributed by atoms with Crippen LogP contribution in [0.15, 0.2) is 181 Å². The Labute approximate surface area is 402 Å². The van der Waals surface area contributed by atoms with E-state index in [0.29, 0.717) is 30.4 Å². The van der Waals surface area contributed by atoms with Crippen molar-refractivity contribution >= 4 is 41.2 Å². The van der Waals surface area contributed by atoms with Crippen LogP contribution in [0.25, 0.3) is 11.1 Å². The number of amides is 2. The first kappa shape index (κ1) is 46.3. The van der Waals surface area contributed by atoms with E-state index >= 15 is 0 Å². The van der Waals surface area contributed by atoms with Crippen LogP contribution < -0.4 is 0 Å². The lowest BCUT2D eigenvalue weighted by Crippen LogP contribution is -2.58. The first-order valence-corrected chi connectivity index (χ1v) is 23.3. The third-order valence-corrected chi connectivity index (χ3v) is 13.9. The number of aldehydes is 1. The minimum Gasteiger partial charge on any atom is -0.451 e. The normalized spacial score (nSPS) is 22.0. The van der Waals surface area contributed by atoms with Crippen LogP contribution in [0.4, 0.5) is 0 Å². The van der Waals surface area contributed by atoms with E-state index in [-0.39, 0.29) is 35.4 Å².